The van der Waals surface area contributed by atoms with E-state index in [1.54, 1.807) is 12.1 Å². The zero-order chi connectivity index (χ0) is 15.2. The highest BCUT2D eigenvalue weighted by molar-refractivity contribution is 6.31. The molecule has 0 amide bonds. The van der Waals surface area contributed by atoms with E-state index >= 15 is 0 Å². The Labute approximate surface area is 128 Å². The molecule has 0 spiro atoms. The molecule has 6 heteroatoms. The Kier molecular flexibility index (Phi) is 5.96. The van der Waals surface area contributed by atoms with Gasteiger partial charge in [0.1, 0.15) is 5.82 Å². The van der Waals surface area contributed by atoms with Gasteiger partial charge in [-0.15, -0.1) is 0 Å². The first-order valence-corrected chi connectivity index (χ1v) is 7.42. The molecule has 116 valence electrons. The van der Waals surface area contributed by atoms with E-state index in [4.69, 9.17) is 21.4 Å². The lowest BCUT2D eigenvalue weighted by atomic mass is 10.1. The summed E-state index contributed by atoms with van der Waals surface area (Å²) in [5.41, 5.74) is 0.532. The van der Waals surface area contributed by atoms with Crippen LogP contribution in [0.25, 0.3) is 0 Å². The van der Waals surface area contributed by atoms with Gasteiger partial charge in [-0.3, -0.25) is 9.69 Å². The number of hydrogen-bond acceptors (Lipinski definition) is 3. The van der Waals surface area contributed by atoms with Crippen LogP contribution in [0, 0.1) is 5.82 Å². The summed E-state index contributed by atoms with van der Waals surface area (Å²) in [6.45, 7) is 2.33. The number of carbonyl (C=O) groups is 1. The van der Waals surface area contributed by atoms with Crippen LogP contribution in [0.3, 0.4) is 0 Å². The molecule has 0 aliphatic carbocycles. The molecule has 1 fully saturated rings. The van der Waals surface area contributed by atoms with Crippen molar-refractivity contribution in [1.82, 2.24) is 4.90 Å². The largest absolute Gasteiger partial charge is 0.481 e. The smallest absolute Gasteiger partial charge is 0.305 e. The summed E-state index contributed by atoms with van der Waals surface area (Å²) >= 11 is 6.03. The summed E-state index contributed by atoms with van der Waals surface area (Å²) in [5, 5.41) is 9.02. The minimum absolute atomic E-state index is 0.0328. The molecular formula is C15H19ClFNO3. The molecule has 4 nitrogen and oxygen atoms in total. The number of halogens is 2. The summed E-state index contributed by atoms with van der Waals surface area (Å²) in [4.78, 5) is 12.6. The van der Waals surface area contributed by atoms with Gasteiger partial charge in [0.15, 0.2) is 0 Å². The molecule has 0 unspecified atom stereocenters. The quantitative estimate of drug-likeness (QED) is 0.877. The first-order chi connectivity index (χ1) is 10.1. The van der Waals surface area contributed by atoms with Crippen LogP contribution in [0.2, 0.25) is 5.02 Å². The molecule has 1 N–H and O–H groups in total. The lowest BCUT2D eigenvalue weighted by molar-refractivity contribution is -0.138. The number of piperidine rings is 1. The summed E-state index contributed by atoms with van der Waals surface area (Å²) in [7, 11) is 0. The molecule has 0 atom stereocenters. The maximum absolute atomic E-state index is 13.7. The monoisotopic (exact) mass is 315 g/mol. The van der Waals surface area contributed by atoms with Crippen molar-refractivity contribution < 1.29 is 19.0 Å². The molecule has 1 heterocycles. The van der Waals surface area contributed by atoms with Gasteiger partial charge in [0.2, 0.25) is 0 Å². The molecule has 0 bridgehead atoms. The first kappa shape index (κ1) is 16.2. The zero-order valence-corrected chi connectivity index (χ0v) is 12.5. The molecule has 1 saturated heterocycles. The van der Waals surface area contributed by atoms with Crippen molar-refractivity contribution >= 4 is 17.6 Å². The van der Waals surface area contributed by atoms with E-state index in [-0.39, 0.29) is 24.9 Å². The summed E-state index contributed by atoms with van der Waals surface area (Å²) < 4.78 is 19.3. The van der Waals surface area contributed by atoms with E-state index in [0.717, 1.165) is 25.9 Å². The van der Waals surface area contributed by atoms with Gasteiger partial charge in [0.25, 0.3) is 0 Å². The predicted molar refractivity (Wildman–Crippen MR) is 77.9 cm³/mol. The maximum Gasteiger partial charge on any atom is 0.305 e. The second-order valence-electron chi connectivity index (χ2n) is 5.19. The lowest BCUT2D eigenvalue weighted by Gasteiger charge is -2.32. The maximum atomic E-state index is 13.7. The third-order valence-corrected chi connectivity index (χ3v) is 4.00. The second-order valence-corrected chi connectivity index (χ2v) is 5.60. The van der Waals surface area contributed by atoms with Crippen LogP contribution in [0.15, 0.2) is 18.2 Å². The van der Waals surface area contributed by atoms with Crippen LogP contribution in [0.1, 0.15) is 24.8 Å². The molecule has 21 heavy (non-hydrogen) atoms. The van der Waals surface area contributed by atoms with Crippen molar-refractivity contribution in [2.24, 2.45) is 0 Å². The number of benzene rings is 1. The molecular weight excluding hydrogens is 297 g/mol. The Bertz CT molecular complexity index is 470. The van der Waals surface area contributed by atoms with Crippen LogP contribution >= 0.6 is 11.6 Å². The van der Waals surface area contributed by atoms with Gasteiger partial charge in [-0.25, -0.2) is 4.39 Å². The van der Waals surface area contributed by atoms with E-state index in [1.165, 1.54) is 6.07 Å². The Morgan fingerprint density at radius 1 is 1.43 bits per heavy atom. The lowest BCUT2D eigenvalue weighted by Crippen LogP contribution is -2.37. The standard InChI is InChI=1S/C15H19ClFNO3/c16-13-2-1-3-14(17)12(13)10-18-7-4-11(5-8-18)21-9-6-15(19)20/h1-3,11H,4-10H2,(H,19,20). The minimum atomic E-state index is -0.846. The number of nitrogens with zero attached hydrogens (tertiary/aromatic N) is 1. The van der Waals surface area contributed by atoms with Crippen molar-refractivity contribution in [3.63, 3.8) is 0 Å². The van der Waals surface area contributed by atoms with Crippen molar-refractivity contribution in [2.75, 3.05) is 19.7 Å². The fourth-order valence-corrected chi connectivity index (χ4v) is 2.68. The van der Waals surface area contributed by atoms with Gasteiger partial charge in [-0.1, -0.05) is 17.7 Å². The highest BCUT2D eigenvalue weighted by Crippen LogP contribution is 2.23. The van der Waals surface area contributed by atoms with Gasteiger partial charge in [0, 0.05) is 30.2 Å². The van der Waals surface area contributed by atoms with Crippen molar-refractivity contribution in [3.05, 3.63) is 34.6 Å². The topological polar surface area (TPSA) is 49.8 Å². The third kappa shape index (κ3) is 4.95. The molecule has 1 aromatic carbocycles. The third-order valence-electron chi connectivity index (χ3n) is 3.65. The van der Waals surface area contributed by atoms with Crippen LogP contribution in [0.5, 0.6) is 0 Å². The summed E-state index contributed by atoms with van der Waals surface area (Å²) in [6.07, 6.45) is 1.78. The number of aliphatic carboxylic acids is 1. The van der Waals surface area contributed by atoms with Gasteiger partial charge in [0.05, 0.1) is 19.1 Å². The molecule has 1 aliphatic heterocycles. The number of likely N-dealkylation sites (tertiary alicyclic amines) is 1. The van der Waals surface area contributed by atoms with Gasteiger partial charge in [-0.2, -0.15) is 0 Å². The van der Waals surface area contributed by atoms with E-state index in [1.807, 2.05) is 0 Å². The average molecular weight is 316 g/mol. The van der Waals surface area contributed by atoms with Crippen LogP contribution < -0.4 is 0 Å². The van der Waals surface area contributed by atoms with E-state index in [0.29, 0.717) is 17.1 Å². The number of carboxylic acids is 1. The average Bonchev–Trinajstić information content (AvgIpc) is 2.44. The van der Waals surface area contributed by atoms with E-state index < -0.39 is 5.97 Å². The first-order valence-electron chi connectivity index (χ1n) is 7.05. The number of carboxylic acid groups (broad SMARTS) is 1. The Balaban J connectivity index is 1.78. The van der Waals surface area contributed by atoms with Crippen LogP contribution in [0.4, 0.5) is 4.39 Å². The number of hydrogen-bond donors (Lipinski definition) is 1. The molecule has 0 aromatic heterocycles. The SMILES string of the molecule is O=C(O)CCOC1CCN(Cc2c(F)cccc2Cl)CC1. The van der Waals surface area contributed by atoms with Crippen LogP contribution in [-0.2, 0) is 16.1 Å². The predicted octanol–water partition coefficient (Wildman–Crippen LogP) is 2.93. The molecule has 0 radical (unpaired) electrons. The van der Waals surface area contributed by atoms with Gasteiger partial charge < -0.3 is 9.84 Å². The molecule has 1 aliphatic rings. The Morgan fingerprint density at radius 2 is 2.14 bits per heavy atom. The minimum Gasteiger partial charge on any atom is -0.481 e. The fourth-order valence-electron chi connectivity index (χ4n) is 2.45. The Hall–Kier alpha value is -1.17. The zero-order valence-electron chi connectivity index (χ0n) is 11.7. The van der Waals surface area contributed by atoms with Crippen molar-refractivity contribution in [1.29, 1.82) is 0 Å². The number of rotatable bonds is 6. The Morgan fingerprint density at radius 3 is 2.76 bits per heavy atom. The highest BCUT2D eigenvalue weighted by atomic mass is 35.5. The van der Waals surface area contributed by atoms with Crippen LogP contribution in [-0.4, -0.2) is 41.8 Å². The normalized spacial score (nSPS) is 17.0. The number of ether oxygens (including phenoxy) is 1. The highest BCUT2D eigenvalue weighted by Gasteiger charge is 2.21. The van der Waals surface area contributed by atoms with E-state index in [2.05, 4.69) is 4.90 Å². The van der Waals surface area contributed by atoms with Crippen molar-refractivity contribution in [3.8, 4) is 0 Å². The molecule has 0 saturated carbocycles. The van der Waals surface area contributed by atoms with Gasteiger partial charge >= 0.3 is 5.97 Å². The van der Waals surface area contributed by atoms with Gasteiger partial charge in [-0.05, 0) is 25.0 Å². The molecule has 1 aromatic rings. The molecule has 2 rings (SSSR count). The van der Waals surface area contributed by atoms with Crippen molar-refractivity contribution in [2.45, 2.75) is 31.9 Å². The fraction of sp³-hybridized carbons (Fsp3) is 0.533. The summed E-state index contributed by atoms with van der Waals surface area (Å²) in [5.74, 6) is -1.12. The summed E-state index contributed by atoms with van der Waals surface area (Å²) in [6, 6.07) is 4.72. The van der Waals surface area contributed by atoms with E-state index in [9.17, 15) is 9.18 Å². The second kappa shape index (κ2) is 7.73.